The van der Waals surface area contributed by atoms with Crippen molar-refractivity contribution in [2.45, 2.75) is 32.2 Å². The van der Waals surface area contributed by atoms with Crippen LogP contribution >= 0.6 is 0 Å². The molecule has 0 aromatic carbocycles. The van der Waals surface area contributed by atoms with Crippen molar-refractivity contribution in [3.63, 3.8) is 0 Å². The normalized spacial score (nSPS) is 21.4. The van der Waals surface area contributed by atoms with Crippen molar-refractivity contribution < 1.29 is 4.79 Å². The average Bonchev–Trinajstić information content (AvgIpc) is 2.30. The number of carbonyl (C=O) groups is 1. The Labute approximate surface area is 90.1 Å². The molecule has 3 nitrogen and oxygen atoms in total. The molecule has 1 aliphatic heterocycles. The zero-order chi connectivity index (χ0) is 10.7. The van der Waals surface area contributed by atoms with E-state index in [0.29, 0.717) is 0 Å². The van der Waals surface area contributed by atoms with Gasteiger partial charge in [-0.2, -0.15) is 0 Å². The fourth-order valence-electron chi connectivity index (χ4n) is 2.20. The summed E-state index contributed by atoms with van der Waals surface area (Å²) in [6.07, 6.45) is 6.87. The first-order chi connectivity index (χ1) is 7.29. The van der Waals surface area contributed by atoms with E-state index in [9.17, 15) is 4.79 Å². The highest BCUT2D eigenvalue weighted by atomic mass is 16.1. The molecular weight excluding hydrogens is 188 g/mol. The summed E-state index contributed by atoms with van der Waals surface area (Å²) >= 11 is 0. The van der Waals surface area contributed by atoms with Crippen LogP contribution in [0.25, 0.3) is 0 Å². The van der Waals surface area contributed by atoms with E-state index in [2.05, 4.69) is 9.88 Å². The largest absolute Gasteiger partial charge is 0.361 e. The molecule has 1 aromatic rings. The number of hydrogen-bond acceptors (Lipinski definition) is 3. The molecule has 80 valence electrons. The van der Waals surface area contributed by atoms with Gasteiger partial charge in [-0.05, 0) is 38.3 Å². The summed E-state index contributed by atoms with van der Waals surface area (Å²) in [5, 5.41) is 0. The second-order valence-corrected chi connectivity index (χ2v) is 4.02. The summed E-state index contributed by atoms with van der Waals surface area (Å²) in [5.41, 5.74) is 1.12. The summed E-state index contributed by atoms with van der Waals surface area (Å²) in [4.78, 5) is 17.7. The molecule has 1 saturated heterocycles. The van der Waals surface area contributed by atoms with Gasteiger partial charge >= 0.3 is 0 Å². The van der Waals surface area contributed by atoms with Gasteiger partial charge in [-0.25, -0.2) is 0 Å². The lowest BCUT2D eigenvalue weighted by Gasteiger charge is -2.35. The van der Waals surface area contributed by atoms with Crippen LogP contribution < -0.4 is 4.90 Å². The number of nitrogens with zero attached hydrogens (tertiary/aromatic N) is 2. The van der Waals surface area contributed by atoms with Crippen molar-refractivity contribution >= 4 is 11.5 Å². The third-order valence-corrected chi connectivity index (χ3v) is 2.97. The summed E-state index contributed by atoms with van der Waals surface area (Å²) in [6.45, 7) is 2.67. The predicted molar refractivity (Wildman–Crippen MR) is 59.9 cm³/mol. The van der Waals surface area contributed by atoms with Crippen molar-refractivity contribution in [2.24, 2.45) is 0 Å². The van der Waals surface area contributed by atoms with Crippen LogP contribution in [0, 0.1) is 0 Å². The average molecular weight is 204 g/mol. The molecule has 1 unspecified atom stereocenters. The molecule has 0 amide bonds. The van der Waals surface area contributed by atoms with Crippen LogP contribution in [0.1, 0.15) is 26.2 Å². The summed E-state index contributed by atoms with van der Waals surface area (Å²) in [6, 6.07) is 4.02. The van der Waals surface area contributed by atoms with Crippen molar-refractivity contribution in [3.05, 3.63) is 24.5 Å². The van der Waals surface area contributed by atoms with E-state index >= 15 is 0 Å². The zero-order valence-corrected chi connectivity index (χ0v) is 9.02. The topological polar surface area (TPSA) is 33.2 Å². The Morgan fingerprint density at radius 3 is 2.80 bits per heavy atom. The van der Waals surface area contributed by atoms with E-state index < -0.39 is 0 Å². The summed E-state index contributed by atoms with van der Waals surface area (Å²) in [5.74, 6) is 0.270. The number of aromatic nitrogens is 1. The highest BCUT2D eigenvalue weighted by Gasteiger charge is 2.25. The molecule has 0 bridgehead atoms. The number of Topliss-reactive ketones (excluding diaryl/α,β-unsaturated/α-hetero) is 1. The molecule has 1 atom stereocenters. The molecule has 15 heavy (non-hydrogen) atoms. The van der Waals surface area contributed by atoms with Crippen LogP contribution in [-0.4, -0.2) is 23.4 Å². The van der Waals surface area contributed by atoms with E-state index in [4.69, 9.17) is 0 Å². The Morgan fingerprint density at radius 2 is 2.13 bits per heavy atom. The fourth-order valence-corrected chi connectivity index (χ4v) is 2.20. The monoisotopic (exact) mass is 204 g/mol. The van der Waals surface area contributed by atoms with Gasteiger partial charge in [0.15, 0.2) is 5.78 Å². The van der Waals surface area contributed by atoms with Crippen LogP contribution in [0.2, 0.25) is 0 Å². The number of piperidine rings is 1. The Bertz CT molecular complexity index is 337. The Kier molecular flexibility index (Phi) is 2.99. The summed E-state index contributed by atoms with van der Waals surface area (Å²) in [7, 11) is 0. The van der Waals surface area contributed by atoms with Gasteiger partial charge in [0.2, 0.25) is 0 Å². The van der Waals surface area contributed by atoms with E-state index in [1.807, 2.05) is 12.1 Å². The van der Waals surface area contributed by atoms with Crippen LogP contribution in [-0.2, 0) is 4.79 Å². The van der Waals surface area contributed by atoms with E-state index in [1.54, 1.807) is 19.3 Å². The molecule has 0 radical (unpaired) electrons. The van der Waals surface area contributed by atoms with Gasteiger partial charge in [0.1, 0.15) is 0 Å². The van der Waals surface area contributed by atoms with Crippen molar-refractivity contribution in [2.75, 3.05) is 11.4 Å². The number of carbonyl (C=O) groups excluding carboxylic acids is 1. The van der Waals surface area contributed by atoms with Crippen molar-refractivity contribution in [1.82, 2.24) is 4.98 Å². The highest BCUT2D eigenvalue weighted by molar-refractivity contribution is 5.85. The third kappa shape index (κ3) is 2.17. The van der Waals surface area contributed by atoms with E-state index in [1.165, 1.54) is 6.42 Å². The first-order valence-electron chi connectivity index (χ1n) is 5.46. The molecule has 0 spiro atoms. The second kappa shape index (κ2) is 4.43. The molecule has 2 heterocycles. The molecule has 2 rings (SSSR count). The minimum Gasteiger partial charge on any atom is -0.361 e. The molecule has 1 aromatic heterocycles. The van der Waals surface area contributed by atoms with Gasteiger partial charge in [-0.1, -0.05) is 0 Å². The lowest BCUT2D eigenvalue weighted by molar-refractivity contribution is -0.118. The molecule has 1 fully saturated rings. The maximum absolute atomic E-state index is 11.5. The standard InChI is InChI=1S/C12H16N2O/c1-10(15)12-4-2-3-9-14(12)11-5-7-13-8-6-11/h5-8,12H,2-4,9H2,1H3. The predicted octanol–water partition coefficient (Wildman–Crippen LogP) is 2.03. The Balaban J connectivity index is 2.22. The Hall–Kier alpha value is -1.38. The molecule has 0 N–H and O–H groups in total. The molecule has 1 aliphatic rings. The first-order valence-corrected chi connectivity index (χ1v) is 5.46. The number of rotatable bonds is 2. The van der Waals surface area contributed by atoms with Crippen molar-refractivity contribution in [1.29, 1.82) is 0 Å². The van der Waals surface area contributed by atoms with E-state index in [0.717, 1.165) is 25.1 Å². The van der Waals surface area contributed by atoms with E-state index in [-0.39, 0.29) is 11.8 Å². The number of anilines is 1. The van der Waals surface area contributed by atoms with Gasteiger partial charge in [0.25, 0.3) is 0 Å². The maximum atomic E-state index is 11.5. The van der Waals surface area contributed by atoms with Crippen molar-refractivity contribution in [3.8, 4) is 0 Å². The smallest absolute Gasteiger partial charge is 0.152 e. The number of hydrogen-bond donors (Lipinski definition) is 0. The molecular formula is C12H16N2O. The first kappa shape index (κ1) is 10.1. The van der Waals surface area contributed by atoms with Gasteiger partial charge in [0.05, 0.1) is 6.04 Å². The lowest BCUT2D eigenvalue weighted by Crippen LogP contribution is -2.43. The Morgan fingerprint density at radius 1 is 1.40 bits per heavy atom. The number of pyridine rings is 1. The maximum Gasteiger partial charge on any atom is 0.152 e. The van der Waals surface area contributed by atoms with Crippen LogP contribution in [0.3, 0.4) is 0 Å². The lowest BCUT2D eigenvalue weighted by atomic mass is 9.98. The SMILES string of the molecule is CC(=O)C1CCCCN1c1ccncc1. The second-order valence-electron chi connectivity index (χ2n) is 4.02. The van der Waals surface area contributed by atoms with Crippen LogP contribution in [0.15, 0.2) is 24.5 Å². The fraction of sp³-hybridized carbons (Fsp3) is 0.500. The highest BCUT2D eigenvalue weighted by Crippen LogP contribution is 2.24. The minimum absolute atomic E-state index is 0.0705. The van der Waals surface area contributed by atoms with Crippen LogP contribution in [0.4, 0.5) is 5.69 Å². The third-order valence-electron chi connectivity index (χ3n) is 2.97. The van der Waals surface area contributed by atoms with Gasteiger partial charge < -0.3 is 4.90 Å². The minimum atomic E-state index is 0.0705. The summed E-state index contributed by atoms with van der Waals surface area (Å²) < 4.78 is 0. The van der Waals surface area contributed by atoms with Gasteiger partial charge in [0, 0.05) is 24.6 Å². The van der Waals surface area contributed by atoms with Gasteiger partial charge in [-0.15, -0.1) is 0 Å². The van der Waals surface area contributed by atoms with Crippen LogP contribution in [0.5, 0.6) is 0 Å². The quantitative estimate of drug-likeness (QED) is 0.739. The number of ketones is 1. The van der Waals surface area contributed by atoms with Gasteiger partial charge in [-0.3, -0.25) is 9.78 Å². The zero-order valence-electron chi connectivity index (χ0n) is 9.02. The molecule has 0 aliphatic carbocycles. The molecule has 3 heteroatoms. The molecule has 0 saturated carbocycles.